The zero-order valence-electron chi connectivity index (χ0n) is 15.4. The molecule has 1 aromatic rings. The third kappa shape index (κ3) is 4.52. The number of carbonyl (C=O) groups excluding carboxylic acids is 2. The van der Waals surface area contributed by atoms with Gasteiger partial charge in [0.2, 0.25) is 5.91 Å². The van der Waals surface area contributed by atoms with Gasteiger partial charge in [0.15, 0.2) is 0 Å². The number of nitrogens with zero attached hydrogens (tertiary/aromatic N) is 3. The standard InChI is InChI=1S/C19H27N3O4/c1-25-11-12-26-18(24)21-10-2-6-19(14-21)7-3-17(23)22(15-19)13-16-4-8-20-9-5-16/h4-5,8-9H,2-3,6-7,10-15H2,1H3/t19-/m1/s1. The Bertz CT molecular complexity index is 624. The Kier molecular flexibility index (Phi) is 6.08. The normalized spacial score (nSPS) is 23.3. The third-order valence-corrected chi connectivity index (χ3v) is 5.30. The highest BCUT2D eigenvalue weighted by Crippen LogP contribution is 2.39. The first kappa shape index (κ1) is 18.6. The summed E-state index contributed by atoms with van der Waals surface area (Å²) < 4.78 is 10.2. The van der Waals surface area contributed by atoms with Gasteiger partial charge in [-0.2, -0.15) is 0 Å². The average Bonchev–Trinajstić information content (AvgIpc) is 2.66. The molecule has 0 saturated carbocycles. The highest BCUT2D eigenvalue weighted by atomic mass is 16.6. The summed E-state index contributed by atoms with van der Waals surface area (Å²) in [5, 5.41) is 0. The second kappa shape index (κ2) is 8.49. The van der Waals surface area contributed by atoms with Crippen molar-refractivity contribution in [3.8, 4) is 0 Å². The first-order chi connectivity index (χ1) is 12.6. The smallest absolute Gasteiger partial charge is 0.409 e. The van der Waals surface area contributed by atoms with Crippen molar-refractivity contribution in [1.29, 1.82) is 0 Å². The summed E-state index contributed by atoms with van der Waals surface area (Å²) in [6, 6.07) is 3.88. The van der Waals surface area contributed by atoms with E-state index in [1.807, 2.05) is 17.0 Å². The van der Waals surface area contributed by atoms with Gasteiger partial charge in [-0.05, 0) is 37.0 Å². The summed E-state index contributed by atoms with van der Waals surface area (Å²) >= 11 is 0. The predicted octanol–water partition coefficient (Wildman–Crippen LogP) is 2.07. The summed E-state index contributed by atoms with van der Waals surface area (Å²) in [7, 11) is 1.58. The summed E-state index contributed by atoms with van der Waals surface area (Å²) in [5.41, 5.74) is 1.05. The fourth-order valence-corrected chi connectivity index (χ4v) is 3.96. The Labute approximate surface area is 154 Å². The number of hydrogen-bond donors (Lipinski definition) is 0. The van der Waals surface area contributed by atoms with Crippen LogP contribution < -0.4 is 0 Å². The minimum Gasteiger partial charge on any atom is -0.447 e. The van der Waals surface area contributed by atoms with Crippen LogP contribution in [0.1, 0.15) is 31.2 Å². The molecule has 0 bridgehead atoms. The van der Waals surface area contributed by atoms with Gasteiger partial charge < -0.3 is 19.3 Å². The number of carbonyl (C=O) groups is 2. The van der Waals surface area contributed by atoms with Crippen LogP contribution in [0.3, 0.4) is 0 Å². The van der Waals surface area contributed by atoms with Crippen molar-refractivity contribution in [1.82, 2.24) is 14.8 Å². The van der Waals surface area contributed by atoms with Crippen LogP contribution in [0.25, 0.3) is 0 Å². The minimum absolute atomic E-state index is 0.0283. The Morgan fingerprint density at radius 2 is 2.04 bits per heavy atom. The van der Waals surface area contributed by atoms with Crippen molar-refractivity contribution < 1.29 is 19.1 Å². The summed E-state index contributed by atoms with van der Waals surface area (Å²) in [6.45, 7) is 3.33. The van der Waals surface area contributed by atoms with Crippen LogP contribution in [0, 0.1) is 5.41 Å². The fourth-order valence-electron chi connectivity index (χ4n) is 3.96. The molecular formula is C19H27N3O4. The zero-order chi connectivity index (χ0) is 18.4. The summed E-state index contributed by atoms with van der Waals surface area (Å²) in [6.07, 6.45) is 6.57. The van der Waals surface area contributed by atoms with E-state index in [2.05, 4.69) is 4.98 Å². The molecule has 2 amide bonds. The van der Waals surface area contributed by atoms with Crippen LogP contribution >= 0.6 is 0 Å². The maximum Gasteiger partial charge on any atom is 0.409 e. The molecular weight excluding hydrogens is 334 g/mol. The lowest BCUT2D eigenvalue weighted by molar-refractivity contribution is -0.139. The molecule has 2 fully saturated rings. The van der Waals surface area contributed by atoms with Gasteiger partial charge in [-0.15, -0.1) is 0 Å². The Morgan fingerprint density at radius 3 is 2.81 bits per heavy atom. The van der Waals surface area contributed by atoms with Gasteiger partial charge in [-0.1, -0.05) is 0 Å². The molecule has 142 valence electrons. The van der Waals surface area contributed by atoms with E-state index >= 15 is 0 Å². The highest BCUT2D eigenvalue weighted by molar-refractivity contribution is 5.77. The van der Waals surface area contributed by atoms with Gasteiger partial charge in [-0.3, -0.25) is 9.78 Å². The fraction of sp³-hybridized carbons (Fsp3) is 0.632. The Balaban J connectivity index is 1.62. The topological polar surface area (TPSA) is 72.0 Å². The number of rotatable bonds is 5. The number of methoxy groups -OCH3 is 1. The van der Waals surface area contributed by atoms with Crippen molar-refractivity contribution in [3.05, 3.63) is 30.1 Å². The lowest BCUT2D eigenvalue weighted by atomic mass is 9.73. The van der Waals surface area contributed by atoms with Crippen LogP contribution in [0.2, 0.25) is 0 Å². The molecule has 3 rings (SSSR count). The quantitative estimate of drug-likeness (QED) is 0.751. The van der Waals surface area contributed by atoms with Crippen LogP contribution in [-0.4, -0.2) is 66.7 Å². The van der Waals surface area contributed by atoms with E-state index in [0.717, 1.165) is 24.8 Å². The zero-order valence-corrected chi connectivity index (χ0v) is 15.4. The van der Waals surface area contributed by atoms with E-state index in [9.17, 15) is 9.59 Å². The van der Waals surface area contributed by atoms with Crippen LogP contribution in [0.5, 0.6) is 0 Å². The van der Waals surface area contributed by atoms with Gasteiger partial charge in [-0.25, -0.2) is 4.79 Å². The molecule has 7 nitrogen and oxygen atoms in total. The first-order valence-corrected chi connectivity index (χ1v) is 9.19. The minimum atomic E-state index is -0.279. The molecule has 26 heavy (non-hydrogen) atoms. The Morgan fingerprint density at radius 1 is 1.23 bits per heavy atom. The van der Waals surface area contributed by atoms with Gasteiger partial charge in [0.05, 0.1) is 6.61 Å². The van der Waals surface area contributed by atoms with Gasteiger partial charge in [0.1, 0.15) is 6.61 Å². The van der Waals surface area contributed by atoms with Crippen LogP contribution in [0.4, 0.5) is 4.79 Å². The van der Waals surface area contributed by atoms with E-state index in [1.165, 1.54) is 0 Å². The molecule has 0 unspecified atom stereocenters. The number of aromatic nitrogens is 1. The molecule has 2 saturated heterocycles. The number of likely N-dealkylation sites (tertiary alicyclic amines) is 2. The van der Waals surface area contributed by atoms with Crippen molar-refractivity contribution in [2.45, 2.75) is 32.2 Å². The van der Waals surface area contributed by atoms with Crippen LogP contribution in [-0.2, 0) is 20.8 Å². The first-order valence-electron chi connectivity index (χ1n) is 9.19. The van der Waals surface area contributed by atoms with E-state index in [-0.39, 0.29) is 24.0 Å². The number of piperidine rings is 2. The Hall–Kier alpha value is -2.15. The summed E-state index contributed by atoms with van der Waals surface area (Å²) in [4.78, 5) is 32.5. The molecule has 1 aromatic heterocycles. The van der Waals surface area contributed by atoms with Crippen molar-refractivity contribution in [3.63, 3.8) is 0 Å². The molecule has 1 spiro atoms. The number of ether oxygens (including phenoxy) is 2. The second-order valence-corrected chi connectivity index (χ2v) is 7.24. The lowest BCUT2D eigenvalue weighted by Gasteiger charge is -2.47. The van der Waals surface area contributed by atoms with Gasteiger partial charge in [0, 0.05) is 57.5 Å². The van der Waals surface area contributed by atoms with E-state index in [4.69, 9.17) is 9.47 Å². The third-order valence-electron chi connectivity index (χ3n) is 5.30. The molecule has 7 heteroatoms. The molecule has 1 atom stereocenters. The molecule has 0 radical (unpaired) electrons. The monoisotopic (exact) mass is 361 g/mol. The van der Waals surface area contributed by atoms with Crippen molar-refractivity contribution in [2.24, 2.45) is 5.41 Å². The second-order valence-electron chi connectivity index (χ2n) is 7.24. The highest BCUT2D eigenvalue weighted by Gasteiger charge is 2.43. The molecule has 2 aliphatic heterocycles. The average molecular weight is 361 g/mol. The number of amides is 2. The number of hydrogen-bond acceptors (Lipinski definition) is 5. The van der Waals surface area contributed by atoms with Crippen molar-refractivity contribution >= 4 is 12.0 Å². The SMILES string of the molecule is COCCOC(=O)N1CCC[C@@]2(CCC(=O)N(Cc3ccncc3)C2)C1. The predicted molar refractivity (Wildman–Crippen MR) is 95.4 cm³/mol. The van der Waals surface area contributed by atoms with E-state index < -0.39 is 0 Å². The molecule has 3 heterocycles. The van der Waals surface area contributed by atoms with E-state index in [1.54, 1.807) is 24.4 Å². The molecule has 0 N–H and O–H groups in total. The van der Waals surface area contributed by atoms with Crippen LogP contribution in [0.15, 0.2) is 24.5 Å². The number of pyridine rings is 1. The molecule has 0 aromatic carbocycles. The largest absolute Gasteiger partial charge is 0.447 e. The van der Waals surface area contributed by atoms with Gasteiger partial charge in [0.25, 0.3) is 0 Å². The lowest BCUT2D eigenvalue weighted by Crippen LogP contribution is -2.55. The molecule has 0 aliphatic carbocycles. The van der Waals surface area contributed by atoms with E-state index in [0.29, 0.717) is 39.2 Å². The van der Waals surface area contributed by atoms with Crippen molar-refractivity contribution in [2.75, 3.05) is 40.0 Å². The maximum absolute atomic E-state index is 12.4. The molecule has 2 aliphatic rings. The summed E-state index contributed by atoms with van der Waals surface area (Å²) in [5.74, 6) is 0.187. The maximum atomic E-state index is 12.4. The van der Waals surface area contributed by atoms with Gasteiger partial charge >= 0.3 is 6.09 Å².